The van der Waals surface area contributed by atoms with Gasteiger partial charge in [-0.05, 0) is 36.1 Å². The van der Waals surface area contributed by atoms with Crippen molar-refractivity contribution in [1.29, 1.82) is 0 Å². The molecule has 0 bridgehead atoms. The third-order valence-electron chi connectivity index (χ3n) is 3.81. The Morgan fingerprint density at radius 2 is 1.76 bits per heavy atom. The standard InChI is InChI=1S/C20H18FN3O/c1-14(20(25)24-22-13-15-9-11-17(21)12-10-15)23-19-8-4-6-16-5-2-3-7-18(16)19/h2-14,23H,1H3,(H,24,25). The fourth-order valence-electron chi connectivity index (χ4n) is 2.47. The van der Waals surface area contributed by atoms with Gasteiger partial charge in [-0.25, -0.2) is 9.82 Å². The van der Waals surface area contributed by atoms with Crippen molar-refractivity contribution in [3.63, 3.8) is 0 Å². The first-order valence-electron chi connectivity index (χ1n) is 7.96. The summed E-state index contributed by atoms with van der Waals surface area (Å²) in [6.07, 6.45) is 1.47. The number of halogens is 1. The highest BCUT2D eigenvalue weighted by Gasteiger charge is 2.12. The van der Waals surface area contributed by atoms with Gasteiger partial charge in [0.2, 0.25) is 0 Å². The summed E-state index contributed by atoms with van der Waals surface area (Å²) in [7, 11) is 0. The van der Waals surface area contributed by atoms with Crippen molar-refractivity contribution in [2.24, 2.45) is 5.10 Å². The van der Waals surface area contributed by atoms with Gasteiger partial charge in [0.05, 0.1) is 6.21 Å². The van der Waals surface area contributed by atoms with E-state index in [0.29, 0.717) is 5.56 Å². The molecule has 4 nitrogen and oxygen atoms in total. The summed E-state index contributed by atoms with van der Waals surface area (Å²) in [4.78, 5) is 12.2. The highest BCUT2D eigenvalue weighted by atomic mass is 19.1. The van der Waals surface area contributed by atoms with E-state index in [1.165, 1.54) is 18.3 Å². The Morgan fingerprint density at radius 3 is 2.56 bits per heavy atom. The molecule has 3 aromatic rings. The van der Waals surface area contributed by atoms with Crippen LogP contribution in [0.15, 0.2) is 71.8 Å². The van der Waals surface area contributed by atoms with E-state index in [-0.39, 0.29) is 11.7 Å². The number of rotatable bonds is 5. The molecule has 25 heavy (non-hydrogen) atoms. The smallest absolute Gasteiger partial charge is 0.262 e. The summed E-state index contributed by atoms with van der Waals surface area (Å²) in [5.41, 5.74) is 4.08. The van der Waals surface area contributed by atoms with Gasteiger partial charge in [0.25, 0.3) is 5.91 Å². The third-order valence-corrected chi connectivity index (χ3v) is 3.81. The number of hydrazone groups is 1. The Morgan fingerprint density at radius 1 is 1.04 bits per heavy atom. The van der Waals surface area contributed by atoms with Gasteiger partial charge in [0.1, 0.15) is 11.9 Å². The van der Waals surface area contributed by atoms with E-state index >= 15 is 0 Å². The van der Waals surface area contributed by atoms with Gasteiger partial charge in [-0.15, -0.1) is 0 Å². The van der Waals surface area contributed by atoms with Crippen LogP contribution < -0.4 is 10.7 Å². The molecule has 3 rings (SSSR count). The molecule has 0 saturated carbocycles. The zero-order valence-corrected chi connectivity index (χ0v) is 13.7. The molecule has 1 unspecified atom stereocenters. The van der Waals surface area contributed by atoms with Gasteiger partial charge in [-0.1, -0.05) is 48.5 Å². The Bertz CT molecular complexity index is 901. The summed E-state index contributed by atoms with van der Waals surface area (Å²) in [5.74, 6) is -0.569. The molecular formula is C20H18FN3O. The number of fused-ring (bicyclic) bond motifs is 1. The molecule has 1 amide bonds. The molecule has 0 aliphatic rings. The second-order valence-corrected chi connectivity index (χ2v) is 5.68. The molecular weight excluding hydrogens is 317 g/mol. The normalized spacial score (nSPS) is 12.2. The molecule has 0 fully saturated rings. The van der Waals surface area contributed by atoms with Gasteiger partial charge in [0.15, 0.2) is 0 Å². The number of nitrogens with zero attached hydrogens (tertiary/aromatic N) is 1. The average molecular weight is 335 g/mol. The van der Waals surface area contributed by atoms with Crippen LogP contribution in [0.5, 0.6) is 0 Å². The maximum atomic E-state index is 12.8. The molecule has 0 spiro atoms. The largest absolute Gasteiger partial charge is 0.373 e. The van der Waals surface area contributed by atoms with E-state index in [9.17, 15) is 9.18 Å². The fraction of sp³-hybridized carbons (Fsp3) is 0.100. The highest BCUT2D eigenvalue weighted by molar-refractivity contribution is 5.96. The zero-order valence-electron chi connectivity index (χ0n) is 13.7. The maximum Gasteiger partial charge on any atom is 0.262 e. The molecule has 0 aliphatic carbocycles. The number of amides is 1. The summed E-state index contributed by atoms with van der Waals surface area (Å²) in [6.45, 7) is 1.77. The molecule has 2 N–H and O–H groups in total. The van der Waals surface area contributed by atoms with E-state index in [4.69, 9.17) is 0 Å². The van der Waals surface area contributed by atoms with E-state index in [0.717, 1.165) is 16.5 Å². The zero-order chi connectivity index (χ0) is 17.6. The van der Waals surface area contributed by atoms with Crippen molar-refractivity contribution in [3.8, 4) is 0 Å². The first-order valence-corrected chi connectivity index (χ1v) is 7.96. The number of benzene rings is 3. The second kappa shape index (κ2) is 7.57. The summed E-state index contributed by atoms with van der Waals surface area (Å²) < 4.78 is 12.8. The Hall–Kier alpha value is -3.21. The van der Waals surface area contributed by atoms with Crippen molar-refractivity contribution in [3.05, 3.63) is 78.1 Å². The van der Waals surface area contributed by atoms with Crippen LogP contribution >= 0.6 is 0 Å². The van der Waals surface area contributed by atoms with E-state index in [1.54, 1.807) is 19.1 Å². The van der Waals surface area contributed by atoms with Crippen molar-refractivity contribution in [2.75, 3.05) is 5.32 Å². The predicted octanol–water partition coefficient (Wildman–Crippen LogP) is 3.93. The first-order chi connectivity index (χ1) is 12.1. The number of carbonyl (C=O) groups is 1. The number of hydrogen-bond acceptors (Lipinski definition) is 3. The lowest BCUT2D eigenvalue weighted by Crippen LogP contribution is -2.34. The minimum Gasteiger partial charge on any atom is -0.373 e. The lowest BCUT2D eigenvalue weighted by Gasteiger charge is -2.15. The van der Waals surface area contributed by atoms with Gasteiger partial charge in [-0.2, -0.15) is 5.10 Å². The van der Waals surface area contributed by atoms with Crippen LogP contribution in [0, 0.1) is 5.82 Å². The Kier molecular flexibility index (Phi) is 5.04. The van der Waals surface area contributed by atoms with Crippen molar-refractivity contribution in [1.82, 2.24) is 5.43 Å². The predicted molar refractivity (Wildman–Crippen MR) is 99.2 cm³/mol. The van der Waals surface area contributed by atoms with Crippen molar-refractivity contribution >= 4 is 28.6 Å². The maximum absolute atomic E-state index is 12.8. The summed E-state index contributed by atoms with van der Waals surface area (Å²) in [6, 6.07) is 19.3. The van der Waals surface area contributed by atoms with Crippen LogP contribution in [0.25, 0.3) is 10.8 Å². The SMILES string of the molecule is CC(Nc1cccc2ccccc12)C(=O)NN=Cc1ccc(F)cc1. The highest BCUT2D eigenvalue weighted by Crippen LogP contribution is 2.23. The monoisotopic (exact) mass is 335 g/mol. The van der Waals surface area contributed by atoms with Gasteiger partial charge < -0.3 is 5.32 Å². The molecule has 126 valence electrons. The van der Waals surface area contributed by atoms with Crippen LogP contribution in [0.2, 0.25) is 0 Å². The van der Waals surface area contributed by atoms with E-state index in [1.807, 2.05) is 42.5 Å². The van der Waals surface area contributed by atoms with Crippen LogP contribution in [0.1, 0.15) is 12.5 Å². The van der Waals surface area contributed by atoms with Gasteiger partial charge in [0, 0.05) is 11.1 Å². The molecule has 3 aromatic carbocycles. The molecule has 0 saturated heterocycles. The van der Waals surface area contributed by atoms with Crippen LogP contribution in [0.3, 0.4) is 0 Å². The van der Waals surface area contributed by atoms with Crippen molar-refractivity contribution < 1.29 is 9.18 Å². The van der Waals surface area contributed by atoms with Gasteiger partial charge >= 0.3 is 0 Å². The van der Waals surface area contributed by atoms with Crippen molar-refractivity contribution in [2.45, 2.75) is 13.0 Å². The fourth-order valence-corrected chi connectivity index (χ4v) is 2.47. The molecule has 0 aromatic heterocycles. The molecule has 0 aliphatic heterocycles. The average Bonchev–Trinajstić information content (AvgIpc) is 2.63. The van der Waals surface area contributed by atoms with Crippen LogP contribution in [0.4, 0.5) is 10.1 Å². The summed E-state index contributed by atoms with van der Waals surface area (Å²) >= 11 is 0. The number of carbonyl (C=O) groups excluding carboxylic acids is 1. The lowest BCUT2D eigenvalue weighted by atomic mass is 10.1. The van der Waals surface area contributed by atoms with Crippen LogP contribution in [-0.2, 0) is 4.79 Å². The second-order valence-electron chi connectivity index (χ2n) is 5.68. The molecule has 5 heteroatoms. The lowest BCUT2D eigenvalue weighted by molar-refractivity contribution is -0.121. The Balaban J connectivity index is 1.63. The first kappa shape index (κ1) is 16.6. The molecule has 0 heterocycles. The van der Waals surface area contributed by atoms with E-state index < -0.39 is 6.04 Å². The summed E-state index contributed by atoms with van der Waals surface area (Å²) in [5, 5.41) is 9.28. The van der Waals surface area contributed by atoms with Gasteiger partial charge in [-0.3, -0.25) is 4.79 Å². The molecule has 1 atom stereocenters. The quantitative estimate of drug-likeness (QED) is 0.548. The number of nitrogens with one attached hydrogen (secondary N) is 2. The minimum absolute atomic E-state index is 0.258. The third kappa shape index (κ3) is 4.20. The topological polar surface area (TPSA) is 53.5 Å². The number of hydrogen-bond donors (Lipinski definition) is 2. The number of anilines is 1. The minimum atomic E-state index is -0.462. The molecule has 0 radical (unpaired) electrons. The van der Waals surface area contributed by atoms with E-state index in [2.05, 4.69) is 15.8 Å². The van der Waals surface area contributed by atoms with Crippen LogP contribution in [-0.4, -0.2) is 18.2 Å². The Labute approximate surface area is 145 Å².